The standard InChI is InChI=1S/C15H20O3/c1-11(2)14-8-13(18-15(14)16)10-17-9-12-6-4-3-5-7-12/h3-7,13-16H,1,8-10H2,2H3. The summed E-state index contributed by atoms with van der Waals surface area (Å²) < 4.78 is 11.1. The molecule has 0 bridgehead atoms. The van der Waals surface area contributed by atoms with Gasteiger partial charge in [0.2, 0.25) is 0 Å². The normalized spacial score (nSPS) is 27.3. The molecule has 2 rings (SSSR count). The van der Waals surface area contributed by atoms with E-state index in [-0.39, 0.29) is 12.0 Å². The molecule has 18 heavy (non-hydrogen) atoms. The molecule has 1 aliphatic rings. The zero-order valence-corrected chi connectivity index (χ0v) is 10.7. The first-order valence-electron chi connectivity index (χ1n) is 6.27. The fourth-order valence-corrected chi connectivity index (χ4v) is 2.18. The molecule has 1 saturated heterocycles. The van der Waals surface area contributed by atoms with Crippen LogP contribution in [-0.2, 0) is 16.1 Å². The molecule has 1 heterocycles. The molecule has 0 spiro atoms. The maximum absolute atomic E-state index is 9.71. The Hall–Kier alpha value is -1.16. The second kappa shape index (κ2) is 6.14. The topological polar surface area (TPSA) is 38.7 Å². The second-order valence-electron chi connectivity index (χ2n) is 4.84. The Bertz CT molecular complexity index is 388. The van der Waals surface area contributed by atoms with E-state index in [1.165, 1.54) is 0 Å². The highest BCUT2D eigenvalue weighted by Crippen LogP contribution is 2.30. The molecule has 0 saturated carbocycles. The minimum atomic E-state index is -0.729. The predicted molar refractivity (Wildman–Crippen MR) is 69.9 cm³/mol. The lowest BCUT2D eigenvalue weighted by molar-refractivity contribution is -0.119. The van der Waals surface area contributed by atoms with Crippen LogP contribution in [0.25, 0.3) is 0 Å². The lowest BCUT2D eigenvalue weighted by Crippen LogP contribution is -2.17. The van der Waals surface area contributed by atoms with Crippen LogP contribution in [0.5, 0.6) is 0 Å². The van der Waals surface area contributed by atoms with Crippen molar-refractivity contribution >= 4 is 0 Å². The Kier molecular flexibility index (Phi) is 4.53. The molecule has 1 aromatic carbocycles. The number of benzene rings is 1. The zero-order valence-electron chi connectivity index (χ0n) is 10.7. The molecule has 1 aromatic rings. The summed E-state index contributed by atoms with van der Waals surface area (Å²) in [6, 6.07) is 10.0. The highest BCUT2D eigenvalue weighted by molar-refractivity contribution is 5.13. The van der Waals surface area contributed by atoms with Crippen molar-refractivity contribution in [2.75, 3.05) is 6.61 Å². The van der Waals surface area contributed by atoms with Gasteiger partial charge < -0.3 is 14.6 Å². The summed E-state index contributed by atoms with van der Waals surface area (Å²) in [7, 11) is 0. The summed E-state index contributed by atoms with van der Waals surface area (Å²) in [4.78, 5) is 0. The third-order valence-electron chi connectivity index (χ3n) is 3.24. The van der Waals surface area contributed by atoms with Crippen LogP contribution < -0.4 is 0 Å². The van der Waals surface area contributed by atoms with Crippen LogP contribution in [0.2, 0.25) is 0 Å². The lowest BCUT2D eigenvalue weighted by Gasteiger charge is -2.11. The maximum atomic E-state index is 9.71. The molecule has 0 aliphatic carbocycles. The summed E-state index contributed by atoms with van der Waals surface area (Å²) in [5, 5.41) is 9.71. The van der Waals surface area contributed by atoms with Gasteiger partial charge in [-0.15, -0.1) is 0 Å². The van der Waals surface area contributed by atoms with E-state index < -0.39 is 6.29 Å². The first-order valence-corrected chi connectivity index (χ1v) is 6.27. The Morgan fingerprint density at radius 3 is 2.78 bits per heavy atom. The molecule has 1 N–H and O–H groups in total. The van der Waals surface area contributed by atoms with E-state index in [0.717, 1.165) is 17.6 Å². The molecule has 3 nitrogen and oxygen atoms in total. The van der Waals surface area contributed by atoms with Crippen molar-refractivity contribution in [2.45, 2.75) is 32.3 Å². The van der Waals surface area contributed by atoms with Gasteiger partial charge in [0.15, 0.2) is 6.29 Å². The molecule has 0 amide bonds. The molecule has 3 unspecified atom stereocenters. The number of aliphatic hydroxyl groups excluding tert-OH is 1. The van der Waals surface area contributed by atoms with Gasteiger partial charge in [0.25, 0.3) is 0 Å². The molecular formula is C15H20O3. The largest absolute Gasteiger partial charge is 0.374 e. The van der Waals surface area contributed by atoms with Crippen LogP contribution in [0, 0.1) is 5.92 Å². The van der Waals surface area contributed by atoms with E-state index in [1.54, 1.807) is 0 Å². The van der Waals surface area contributed by atoms with Crippen LogP contribution in [0.1, 0.15) is 18.9 Å². The van der Waals surface area contributed by atoms with E-state index in [0.29, 0.717) is 13.2 Å². The van der Waals surface area contributed by atoms with Gasteiger partial charge in [-0.1, -0.05) is 42.5 Å². The SMILES string of the molecule is C=C(C)C1CC(COCc2ccccc2)OC1O. The molecular weight excluding hydrogens is 228 g/mol. The average molecular weight is 248 g/mol. The van der Waals surface area contributed by atoms with Crippen molar-refractivity contribution in [3.05, 3.63) is 48.0 Å². The van der Waals surface area contributed by atoms with E-state index in [1.807, 2.05) is 37.3 Å². The van der Waals surface area contributed by atoms with Crippen molar-refractivity contribution in [3.8, 4) is 0 Å². The van der Waals surface area contributed by atoms with Crippen molar-refractivity contribution in [3.63, 3.8) is 0 Å². The molecule has 3 atom stereocenters. The summed E-state index contributed by atoms with van der Waals surface area (Å²) in [6.45, 7) is 6.88. The predicted octanol–water partition coefficient (Wildman–Crippen LogP) is 2.50. The van der Waals surface area contributed by atoms with E-state index in [4.69, 9.17) is 9.47 Å². The van der Waals surface area contributed by atoms with Gasteiger partial charge in [0.1, 0.15) is 0 Å². The quantitative estimate of drug-likeness (QED) is 0.814. The number of hydrogen-bond donors (Lipinski definition) is 1. The van der Waals surface area contributed by atoms with Crippen molar-refractivity contribution in [1.29, 1.82) is 0 Å². The Balaban J connectivity index is 1.74. The molecule has 0 radical (unpaired) electrons. The molecule has 1 aliphatic heterocycles. The lowest BCUT2D eigenvalue weighted by atomic mass is 9.98. The average Bonchev–Trinajstić information content (AvgIpc) is 2.72. The fourth-order valence-electron chi connectivity index (χ4n) is 2.18. The van der Waals surface area contributed by atoms with Crippen molar-refractivity contribution in [1.82, 2.24) is 0 Å². The monoisotopic (exact) mass is 248 g/mol. The van der Waals surface area contributed by atoms with E-state index >= 15 is 0 Å². The zero-order chi connectivity index (χ0) is 13.0. The highest BCUT2D eigenvalue weighted by Gasteiger charge is 2.34. The van der Waals surface area contributed by atoms with Gasteiger partial charge in [-0.25, -0.2) is 0 Å². The Morgan fingerprint density at radius 2 is 2.17 bits per heavy atom. The molecule has 0 aromatic heterocycles. The van der Waals surface area contributed by atoms with Crippen LogP contribution in [-0.4, -0.2) is 24.1 Å². The van der Waals surface area contributed by atoms with E-state index in [9.17, 15) is 5.11 Å². The number of rotatable bonds is 5. The van der Waals surface area contributed by atoms with E-state index in [2.05, 4.69) is 6.58 Å². The third-order valence-corrected chi connectivity index (χ3v) is 3.24. The van der Waals surface area contributed by atoms with Crippen molar-refractivity contribution < 1.29 is 14.6 Å². The Morgan fingerprint density at radius 1 is 1.44 bits per heavy atom. The third kappa shape index (κ3) is 3.42. The van der Waals surface area contributed by atoms with Gasteiger partial charge in [0.05, 0.1) is 19.3 Å². The fraction of sp³-hybridized carbons (Fsp3) is 0.467. The smallest absolute Gasteiger partial charge is 0.161 e. The second-order valence-corrected chi connectivity index (χ2v) is 4.84. The van der Waals surface area contributed by atoms with Gasteiger partial charge in [-0.3, -0.25) is 0 Å². The summed E-state index contributed by atoms with van der Waals surface area (Å²) in [5.74, 6) is 0.0373. The summed E-state index contributed by atoms with van der Waals surface area (Å²) >= 11 is 0. The van der Waals surface area contributed by atoms with Gasteiger partial charge in [0, 0.05) is 5.92 Å². The molecule has 1 fully saturated rings. The minimum Gasteiger partial charge on any atom is -0.374 e. The van der Waals surface area contributed by atoms with Crippen molar-refractivity contribution in [2.24, 2.45) is 5.92 Å². The van der Waals surface area contributed by atoms with Gasteiger partial charge in [-0.2, -0.15) is 0 Å². The van der Waals surface area contributed by atoms with Gasteiger partial charge in [-0.05, 0) is 18.9 Å². The van der Waals surface area contributed by atoms with Crippen LogP contribution >= 0.6 is 0 Å². The number of aliphatic hydroxyl groups is 1. The minimum absolute atomic E-state index is 0.0367. The number of hydrogen-bond acceptors (Lipinski definition) is 3. The van der Waals surface area contributed by atoms with Crippen LogP contribution in [0.15, 0.2) is 42.5 Å². The summed E-state index contributed by atoms with van der Waals surface area (Å²) in [5.41, 5.74) is 2.11. The highest BCUT2D eigenvalue weighted by atomic mass is 16.6. The first-order chi connectivity index (χ1) is 8.66. The molecule has 98 valence electrons. The maximum Gasteiger partial charge on any atom is 0.161 e. The van der Waals surface area contributed by atoms with Crippen LogP contribution in [0.4, 0.5) is 0 Å². The molecule has 3 heteroatoms. The Labute approximate surface area is 108 Å². The number of ether oxygens (including phenoxy) is 2. The summed E-state index contributed by atoms with van der Waals surface area (Å²) in [6.07, 6.45) is 0.0175. The van der Waals surface area contributed by atoms with Gasteiger partial charge >= 0.3 is 0 Å². The first kappa shape index (κ1) is 13.3. The van der Waals surface area contributed by atoms with Crippen LogP contribution in [0.3, 0.4) is 0 Å².